The Morgan fingerprint density at radius 2 is 2.12 bits per heavy atom. The Balaban J connectivity index is 1.51. The fourth-order valence-electron chi connectivity index (χ4n) is 4.61. The van der Waals surface area contributed by atoms with Gasteiger partial charge in [0.2, 0.25) is 0 Å². The molecule has 4 rings (SSSR count). The number of furan rings is 1. The highest BCUT2D eigenvalue weighted by atomic mass is 16.5. The Hall–Kier alpha value is -1.33. The van der Waals surface area contributed by atoms with Crippen LogP contribution < -0.4 is 0 Å². The van der Waals surface area contributed by atoms with Crippen LogP contribution in [0, 0.1) is 19.8 Å². The van der Waals surface area contributed by atoms with E-state index < -0.39 is 0 Å². The lowest BCUT2D eigenvalue weighted by Crippen LogP contribution is -2.53. The van der Waals surface area contributed by atoms with Gasteiger partial charge in [0.1, 0.15) is 11.5 Å². The summed E-state index contributed by atoms with van der Waals surface area (Å²) in [6, 6.07) is 1.95. The van der Waals surface area contributed by atoms with Gasteiger partial charge < -0.3 is 18.8 Å². The number of carbonyl (C=O) groups is 1. The lowest BCUT2D eigenvalue weighted by Gasteiger charge is -2.43. The molecule has 1 aliphatic heterocycles. The SMILES string of the molecule is CO[C@@]12CC[C@@H](OCC3CC3)C[C@@H]1N(C(=O)c1cc(C)oc1C)CC2. The molecule has 1 amide bonds. The maximum absolute atomic E-state index is 13.1. The van der Waals surface area contributed by atoms with Gasteiger partial charge >= 0.3 is 0 Å². The van der Waals surface area contributed by atoms with E-state index in [2.05, 4.69) is 0 Å². The Morgan fingerprint density at radius 1 is 1.32 bits per heavy atom. The number of nitrogens with zero attached hydrogens (tertiary/aromatic N) is 1. The molecule has 2 saturated carbocycles. The minimum Gasteiger partial charge on any atom is -0.466 e. The summed E-state index contributed by atoms with van der Waals surface area (Å²) in [5.74, 6) is 2.33. The zero-order valence-electron chi connectivity index (χ0n) is 15.5. The van der Waals surface area contributed by atoms with Crippen molar-refractivity contribution < 1.29 is 18.7 Å². The second-order valence-electron chi connectivity index (χ2n) is 8.03. The fourth-order valence-corrected chi connectivity index (χ4v) is 4.61. The summed E-state index contributed by atoms with van der Waals surface area (Å²) < 4.78 is 17.7. The van der Waals surface area contributed by atoms with Gasteiger partial charge in [0.25, 0.3) is 5.91 Å². The van der Waals surface area contributed by atoms with Crippen molar-refractivity contribution >= 4 is 5.91 Å². The number of rotatable bonds is 5. The standard InChI is InChI=1S/C20H29NO4/c1-13-10-17(14(2)25-13)19(22)21-9-8-20(23-3)7-6-16(11-18(20)21)24-12-15-4-5-15/h10,15-16,18H,4-9,11-12H2,1-3H3/t16-,18+,20-/m1/s1. The Morgan fingerprint density at radius 3 is 2.76 bits per heavy atom. The molecule has 138 valence electrons. The summed E-state index contributed by atoms with van der Waals surface area (Å²) in [6.07, 6.45) is 6.64. The molecule has 3 fully saturated rings. The van der Waals surface area contributed by atoms with Crippen LogP contribution in [-0.2, 0) is 9.47 Å². The predicted molar refractivity (Wildman–Crippen MR) is 93.7 cm³/mol. The Labute approximate surface area is 149 Å². The van der Waals surface area contributed by atoms with E-state index in [0.717, 1.165) is 50.5 Å². The number of ether oxygens (including phenoxy) is 2. The van der Waals surface area contributed by atoms with Crippen LogP contribution in [0.25, 0.3) is 0 Å². The number of hydrogen-bond acceptors (Lipinski definition) is 4. The van der Waals surface area contributed by atoms with E-state index in [9.17, 15) is 4.79 Å². The zero-order valence-corrected chi connectivity index (χ0v) is 15.5. The molecular weight excluding hydrogens is 318 g/mol. The number of carbonyl (C=O) groups excluding carboxylic acids is 1. The summed E-state index contributed by atoms with van der Waals surface area (Å²) in [5.41, 5.74) is 0.479. The molecule has 5 heteroatoms. The van der Waals surface area contributed by atoms with Crippen molar-refractivity contribution in [2.45, 2.75) is 70.1 Å². The maximum Gasteiger partial charge on any atom is 0.257 e. The topological polar surface area (TPSA) is 51.9 Å². The van der Waals surface area contributed by atoms with Crippen molar-refractivity contribution in [1.29, 1.82) is 0 Å². The molecule has 2 heterocycles. The Kier molecular flexibility index (Phi) is 4.40. The molecule has 25 heavy (non-hydrogen) atoms. The zero-order chi connectivity index (χ0) is 17.6. The van der Waals surface area contributed by atoms with Crippen LogP contribution in [-0.4, -0.2) is 48.8 Å². The molecular formula is C20H29NO4. The van der Waals surface area contributed by atoms with Gasteiger partial charge in [0.05, 0.1) is 23.3 Å². The van der Waals surface area contributed by atoms with Crippen LogP contribution in [0.15, 0.2) is 10.5 Å². The Bertz CT molecular complexity index is 650. The summed E-state index contributed by atoms with van der Waals surface area (Å²) in [7, 11) is 1.79. The fraction of sp³-hybridized carbons (Fsp3) is 0.750. The second kappa shape index (κ2) is 6.44. The highest BCUT2D eigenvalue weighted by Crippen LogP contribution is 2.44. The summed E-state index contributed by atoms with van der Waals surface area (Å²) in [4.78, 5) is 15.2. The molecule has 5 nitrogen and oxygen atoms in total. The van der Waals surface area contributed by atoms with Gasteiger partial charge in [-0.25, -0.2) is 0 Å². The average Bonchev–Trinajstić information content (AvgIpc) is 3.27. The van der Waals surface area contributed by atoms with E-state index in [1.807, 2.05) is 24.8 Å². The van der Waals surface area contributed by atoms with E-state index in [-0.39, 0.29) is 23.7 Å². The van der Waals surface area contributed by atoms with Gasteiger partial charge in [-0.2, -0.15) is 0 Å². The van der Waals surface area contributed by atoms with Crippen molar-refractivity contribution in [1.82, 2.24) is 4.90 Å². The molecule has 0 aromatic carbocycles. The minimum absolute atomic E-state index is 0.0705. The number of methoxy groups -OCH3 is 1. The smallest absolute Gasteiger partial charge is 0.257 e. The maximum atomic E-state index is 13.1. The molecule has 1 aromatic heterocycles. The predicted octanol–water partition coefficient (Wildman–Crippen LogP) is 3.48. The van der Waals surface area contributed by atoms with Crippen LogP contribution in [0.1, 0.15) is 60.4 Å². The number of likely N-dealkylation sites (tertiary alicyclic amines) is 1. The summed E-state index contributed by atoms with van der Waals surface area (Å²) >= 11 is 0. The van der Waals surface area contributed by atoms with Crippen molar-refractivity contribution in [2.75, 3.05) is 20.3 Å². The molecule has 3 atom stereocenters. The first-order valence-electron chi connectivity index (χ1n) is 9.57. The van der Waals surface area contributed by atoms with Crippen LogP contribution in [0.4, 0.5) is 0 Å². The molecule has 0 spiro atoms. The molecule has 0 radical (unpaired) electrons. The minimum atomic E-state index is -0.207. The third kappa shape index (κ3) is 3.13. The van der Waals surface area contributed by atoms with Gasteiger partial charge in [-0.3, -0.25) is 4.79 Å². The van der Waals surface area contributed by atoms with E-state index in [4.69, 9.17) is 13.9 Å². The number of aryl methyl sites for hydroxylation is 2. The van der Waals surface area contributed by atoms with Crippen molar-refractivity contribution in [2.24, 2.45) is 5.92 Å². The average molecular weight is 347 g/mol. The molecule has 0 bridgehead atoms. The van der Waals surface area contributed by atoms with Crippen molar-refractivity contribution in [3.8, 4) is 0 Å². The van der Waals surface area contributed by atoms with E-state index in [1.54, 1.807) is 7.11 Å². The van der Waals surface area contributed by atoms with Crippen LogP contribution in [0.3, 0.4) is 0 Å². The first-order chi connectivity index (χ1) is 12.0. The monoisotopic (exact) mass is 347 g/mol. The molecule has 2 aliphatic carbocycles. The highest BCUT2D eigenvalue weighted by molar-refractivity contribution is 5.95. The number of fused-ring (bicyclic) bond motifs is 1. The number of hydrogen-bond donors (Lipinski definition) is 0. The van der Waals surface area contributed by atoms with Crippen molar-refractivity contribution in [3.63, 3.8) is 0 Å². The summed E-state index contributed by atoms with van der Waals surface area (Å²) in [5, 5.41) is 0. The van der Waals surface area contributed by atoms with E-state index >= 15 is 0 Å². The number of amides is 1. The summed E-state index contributed by atoms with van der Waals surface area (Å²) in [6.45, 7) is 5.37. The highest BCUT2D eigenvalue weighted by Gasteiger charge is 2.53. The normalized spacial score (nSPS) is 32.0. The third-order valence-corrected chi connectivity index (χ3v) is 6.34. The quantitative estimate of drug-likeness (QED) is 0.818. The van der Waals surface area contributed by atoms with Gasteiger partial charge in [-0.05, 0) is 64.4 Å². The largest absolute Gasteiger partial charge is 0.466 e. The van der Waals surface area contributed by atoms with E-state index in [0.29, 0.717) is 11.3 Å². The molecule has 0 N–H and O–H groups in total. The molecule has 1 aromatic rings. The van der Waals surface area contributed by atoms with Crippen LogP contribution in [0.5, 0.6) is 0 Å². The molecule has 0 unspecified atom stereocenters. The molecule has 3 aliphatic rings. The lowest BCUT2D eigenvalue weighted by molar-refractivity contribution is -0.0977. The molecule has 1 saturated heterocycles. The van der Waals surface area contributed by atoms with Crippen LogP contribution >= 0.6 is 0 Å². The van der Waals surface area contributed by atoms with Gasteiger partial charge in [-0.15, -0.1) is 0 Å². The first kappa shape index (κ1) is 17.1. The second-order valence-corrected chi connectivity index (χ2v) is 8.03. The van der Waals surface area contributed by atoms with Gasteiger partial charge in [-0.1, -0.05) is 0 Å². The van der Waals surface area contributed by atoms with E-state index in [1.165, 1.54) is 12.8 Å². The lowest BCUT2D eigenvalue weighted by atomic mass is 9.79. The van der Waals surface area contributed by atoms with Gasteiger partial charge in [0.15, 0.2) is 0 Å². The van der Waals surface area contributed by atoms with Gasteiger partial charge in [0, 0.05) is 20.3 Å². The third-order valence-electron chi connectivity index (χ3n) is 6.34. The first-order valence-corrected chi connectivity index (χ1v) is 9.57. The van der Waals surface area contributed by atoms with Crippen molar-refractivity contribution in [3.05, 3.63) is 23.2 Å². The van der Waals surface area contributed by atoms with Crippen LogP contribution in [0.2, 0.25) is 0 Å².